The molecule has 0 saturated heterocycles. The zero-order valence-corrected chi connectivity index (χ0v) is 12.7. The summed E-state index contributed by atoms with van der Waals surface area (Å²) < 4.78 is 0. The first-order valence-corrected chi connectivity index (χ1v) is 5.12. The predicted octanol–water partition coefficient (Wildman–Crippen LogP) is 4.74. The molecular weight excluding hydrogens is 251 g/mol. The zero-order valence-electron chi connectivity index (χ0n) is 10.3. The van der Waals surface area contributed by atoms with Gasteiger partial charge in [-0.2, -0.15) is 19.3 Å². The molecule has 0 fully saturated rings. The van der Waals surface area contributed by atoms with Gasteiger partial charge in [-0.05, 0) is 0 Å². The summed E-state index contributed by atoms with van der Waals surface area (Å²) in [5.41, 5.74) is 0. The van der Waals surface area contributed by atoms with Gasteiger partial charge in [0.05, 0.1) is 0 Å². The predicted molar refractivity (Wildman–Crippen MR) is 61.5 cm³/mol. The van der Waals surface area contributed by atoms with Crippen molar-refractivity contribution >= 4 is 0 Å². The van der Waals surface area contributed by atoms with Crippen LogP contribution >= 0.6 is 0 Å². The Hall–Kier alpha value is 0.843. The van der Waals surface area contributed by atoms with Crippen molar-refractivity contribution in [2.75, 3.05) is 0 Å². The van der Waals surface area contributed by atoms with Crippen LogP contribution in [0.5, 0.6) is 0 Å². The first-order valence-electron chi connectivity index (χ1n) is 5.12. The topological polar surface area (TPSA) is 28.5 Å². The van der Waals surface area contributed by atoms with E-state index < -0.39 is 0 Å². The maximum Gasteiger partial charge on any atom is 2.00 e. The van der Waals surface area contributed by atoms with Gasteiger partial charge in [0.25, 0.3) is 0 Å². The minimum atomic E-state index is 0. The summed E-state index contributed by atoms with van der Waals surface area (Å²) in [6.45, 7) is 17.2. The molecule has 14 heavy (non-hydrogen) atoms. The fraction of sp³-hybridized carbons (Fsp3) is 0.750. The van der Waals surface area contributed by atoms with Crippen LogP contribution in [0.4, 0.5) is 0 Å². The second-order valence-corrected chi connectivity index (χ2v) is 2.56. The van der Waals surface area contributed by atoms with Crippen molar-refractivity contribution in [3.63, 3.8) is 0 Å². The molecule has 0 unspecified atom stereocenters. The van der Waals surface area contributed by atoms with Crippen LogP contribution in [-0.4, -0.2) is 0 Å². The van der Waals surface area contributed by atoms with Crippen molar-refractivity contribution in [3.8, 4) is 0 Å². The summed E-state index contributed by atoms with van der Waals surface area (Å²) in [7, 11) is 0. The Morgan fingerprint density at radius 1 is 0.643 bits per heavy atom. The smallest absolute Gasteiger partial charge is 2.00 e. The summed E-state index contributed by atoms with van der Waals surface area (Å²) >= 11 is 0. The van der Waals surface area contributed by atoms with Crippen LogP contribution in [-0.2, 0) is 31.7 Å². The molecule has 0 rings (SSSR count). The van der Waals surface area contributed by atoms with Crippen molar-refractivity contribution in [1.82, 2.24) is 0 Å². The molecular formula is C12H27OZr-3. The number of rotatable bonds is 3. The van der Waals surface area contributed by atoms with E-state index in [1.807, 2.05) is 0 Å². The molecule has 0 atom stereocenters. The third-order valence-corrected chi connectivity index (χ3v) is 1.06. The van der Waals surface area contributed by atoms with Crippen LogP contribution in [0.2, 0.25) is 0 Å². The molecule has 0 aliphatic rings. The maximum atomic E-state index is 3.60. The van der Waals surface area contributed by atoms with Crippen molar-refractivity contribution in [2.45, 2.75) is 59.3 Å². The molecule has 88 valence electrons. The maximum absolute atomic E-state index is 3.60. The summed E-state index contributed by atoms with van der Waals surface area (Å²) in [5, 5.41) is 0. The Bertz CT molecular complexity index is 25.8. The first kappa shape index (κ1) is 29.4. The van der Waals surface area contributed by atoms with Gasteiger partial charge in [0, 0.05) is 0 Å². The first-order chi connectivity index (χ1) is 5.74. The summed E-state index contributed by atoms with van der Waals surface area (Å²) in [6, 6.07) is 0. The molecule has 1 nitrogen and oxygen atoms in total. The minimum Gasteiger partial charge on any atom is -2.00 e. The van der Waals surface area contributed by atoms with E-state index in [0.717, 1.165) is 19.3 Å². The summed E-state index contributed by atoms with van der Waals surface area (Å²) in [6.07, 6.45) is 6.83. The fourth-order valence-corrected chi connectivity index (χ4v) is 0. The number of hydrogen-bond acceptors (Lipinski definition) is 0. The van der Waals surface area contributed by atoms with Gasteiger partial charge in [-0.1, -0.05) is 40.0 Å². The number of unbranched alkanes of at least 4 members (excludes halogenated alkanes) is 3. The number of hydrogen-bond donors (Lipinski definition) is 0. The van der Waals surface area contributed by atoms with Gasteiger partial charge in [-0.3, -0.25) is 0 Å². The van der Waals surface area contributed by atoms with E-state index >= 15 is 0 Å². The van der Waals surface area contributed by atoms with Gasteiger partial charge < -0.3 is 26.2 Å². The molecule has 0 radical (unpaired) electrons. The molecule has 0 bridgehead atoms. The van der Waals surface area contributed by atoms with E-state index in [1.54, 1.807) is 0 Å². The molecule has 0 spiro atoms. The van der Waals surface area contributed by atoms with Gasteiger partial charge in [0.1, 0.15) is 0 Å². The summed E-state index contributed by atoms with van der Waals surface area (Å²) in [5.74, 6) is 0. The van der Waals surface area contributed by atoms with Gasteiger partial charge in [0.2, 0.25) is 0 Å². The van der Waals surface area contributed by atoms with Crippen LogP contribution in [0, 0.1) is 20.8 Å². The molecule has 0 N–H and O–H groups in total. The molecule has 0 aliphatic carbocycles. The van der Waals surface area contributed by atoms with Gasteiger partial charge >= 0.3 is 26.2 Å². The van der Waals surface area contributed by atoms with E-state index in [4.69, 9.17) is 0 Å². The molecule has 2 heteroatoms. The zero-order chi connectivity index (χ0) is 10.2. The SMILES string of the molecule is [CH2-]CCC.[CH2-]CCC.[CH2-]CCC.[O-2].[Zr+2]. The van der Waals surface area contributed by atoms with E-state index in [1.165, 1.54) is 19.3 Å². The van der Waals surface area contributed by atoms with Crippen molar-refractivity contribution < 1.29 is 31.7 Å². The Morgan fingerprint density at radius 3 is 0.714 bits per heavy atom. The molecule has 0 aromatic heterocycles. The van der Waals surface area contributed by atoms with Crippen LogP contribution in [0.1, 0.15) is 59.3 Å². The molecule has 0 heterocycles. The van der Waals surface area contributed by atoms with E-state index in [9.17, 15) is 0 Å². The van der Waals surface area contributed by atoms with E-state index in [0.29, 0.717) is 0 Å². The third kappa shape index (κ3) is 122. The van der Waals surface area contributed by atoms with Gasteiger partial charge in [-0.25, -0.2) is 0 Å². The Morgan fingerprint density at radius 2 is 0.714 bits per heavy atom. The van der Waals surface area contributed by atoms with E-state index in [-0.39, 0.29) is 31.7 Å². The monoisotopic (exact) mass is 277 g/mol. The van der Waals surface area contributed by atoms with Crippen molar-refractivity contribution in [2.24, 2.45) is 0 Å². The van der Waals surface area contributed by atoms with E-state index in [2.05, 4.69) is 41.5 Å². The van der Waals surface area contributed by atoms with Gasteiger partial charge in [-0.15, -0.1) is 0 Å². The van der Waals surface area contributed by atoms with Crippen molar-refractivity contribution in [3.05, 3.63) is 20.8 Å². The molecule has 0 aromatic carbocycles. The Kier molecular flexibility index (Phi) is 102. The summed E-state index contributed by atoms with van der Waals surface area (Å²) in [4.78, 5) is 0. The Balaban J connectivity index is -0.0000000270. The van der Waals surface area contributed by atoms with Crippen molar-refractivity contribution in [1.29, 1.82) is 0 Å². The molecule has 0 saturated carbocycles. The average molecular weight is 279 g/mol. The minimum absolute atomic E-state index is 0. The van der Waals surface area contributed by atoms with Gasteiger partial charge in [0.15, 0.2) is 0 Å². The molecule has 0 amide bonds. The normalized spacial score (nSPS) is 6.43. The average Bonchev–Trinajstić information content (AvgIpc) is 2.18. The van der Waals surface area contributed by atoms with Crippen LogP contribution < -0.4 is 0 Å². The fourth-order valence-electron chi connectivity index (χ4n) is 0. The molecule has 0 aliphatic heterocycles. The third-order valence-electron chi connectivity index (χ3n) is 1.06. The van der Waals surface area contributed by atoms with Crippen LogP contribution in [0.25, 0.3) is 0 Å². The second kappa shape index (κ2) is 48.8. The van der Waals surface area contributed by atoms with Crippen LogP contribution in [0.15, 0.2) is 0 Å². The quantitative estimate of drug-likeness (QED) is 0.667. The molecule has 0 aromatic rings. The standard InChI is InChI=1S/3C4H9.O.Zr/c3*1-3-4-2;;/h3*1,3-4H2,2H3;;/q3*-1;-2;+2. The van der Waals surface area contributed by atoms with Crippen LogP contribution in [0.3, 0.4) is 0 Å². The Labute approximate surface area is 111 Å². The largest absolute Gasteiger partial charge is 2.00 e. The second-order valence-electron chi connectivity index (χ2n) is 2.56.